The summed E-state index contributed by atoms with van der Waals surface area (Å²) in [5, 5.41) is 7.47. The predicted octanol–water partition coefficient (Wildman–Crippen LogP) is 2.79. The van der Waals surface area contributed by atoms with Crippen molar-refractivity contribution in [1.29, 1.82) is 0 Å². The van der Waals surface area contributed by atoms with E-state index in [2.05, 4.69) is 67.7 Å². The summed E-state index contributed by atoms with van der Waals surface area (Å²) in [4.78, 5) is 2.29. The monoisotopic (exact) mass is 289 g/mol. The Hall–Kier alpha value is -0.900. The average Bonchev–Trinajstić information content (AvgIpc) is 2.60. The fraction of sp³-hybridized carbons (Fsp3) is 0.667. The normalized spacial score (nSPS) is 20.4. The van der Waals surface area contributed by atoms with Gasteiger partial charge in [-0.25, -0.2) is 0 Å². The molecule has 118 valence electrons. The SMILES string of the molecule is CC(C)CC(CN(C)C)NC1CCNCc2ccccc21. The Morgan fingerprint density at radius 2 is 2.05 bits per heavy atom. The largest absolute Gasteiger partial charge is 0.313 e. The van der Waals surface area contributed by atoms with Gasteiger partial charge in [-0.05, 0) is 50.5 Å². The van der Waals surface area contributed by atoms with E-state index in [0.717, 1.165) is 25.6 Å². The maximum atomic E-state index is 3.93. The molecule has 2 atom stereocenters. The van der Waals surface area contributed by atoms with Gasteiger partial charge in [0.05, 0.1) is 0 Å². The number of hydrogen-bond donors (Lipinski definition) is 2. The van der Waals surface area contributed by atoms with Crippen LogP contribution in [0.1, 0.15) is 43.9 Å². The molecule has 1 aliphatic rings. The molecule has 1 aromatic carbocycles. The highest BCUT2D eigenvalue weighted by Crippen LogP contribution is 2.24. The van der Waals surface area contributed by atoms with Gasteiger partial charge in [-0.2, -0.15) is 0 Å². The molecule has 0 amide bonds. The first-order valence-electron chi connectivity index (χ1n) is 8.25. The van der Waals surface area contributed by atoms with Crippen LogP contribution in [0.3, 0.4) is 0 Å². The Labute approximate surface area is 130 Å². The molecule has 0 aliphatic carbocycles. The standard InChI is InChI=1S/C18H31N3/c1-14(2)11-16(13-21(3)4)20-18-9-10-19-12-15-7-5-6-8-17(15)18/h5-8,14,16,18-20H,9-13H2,1-4H3. The second-order valence-electron chi connectivity index (χ2n) is 6.97. The first-order chi connectivity index (χ1) is 10.1. The molecule has 0 radical (unpaired) electrons. The summed E-state index contributed by atoms with van der Waals surface area (Å²) in [7, 11) is 4.33. The lowest BCUT2D eigenvalue weighted by Crippen LogP contribution is -2.41. The van der Waals surface area contributed by atoms with Gasteiger partial charge in [0.1, 0.15) is 0 Å². The second-order valence-corrected chi connectivity index (χ2v) is 6.97. The van der Waals surface area contributed by atoms with E-state index in [1.165, 1.54) is 24.0 Å². The molecule has 0 bridgehead atoms. The highest BCUT2D eigenvalue weighted by Gasteiger charge is 2.22. The zero-order chi connectivity index (χ0) is 15.2. The van der Waals surface area contributed by atoms with E-state index in [0.29, 0.717) is 12.1 Å². The molecule has 2 N–H and O–H groups in total. The van der Waals surface area contributed by atoms with E-state index in [-0.39, 0.29) is 0 Å². The summed E-state index contributed by atoms with van der Waals surface area (Å²) >= 11 is 0. The number of fused-ring (bicyclic) bond motifs is 1. The lowest BCUT2D eigenvalue weighted by Gasteiger charge is -2.29. The Morgan fingerprint density at radius 1 is 1.29 bits per heavy atom. The Morgan fingerprint density at radius 3 is 2.76 bits per heavy atom. The minimum Gasteiger partial charge on any atom is -0.313 e. The van der Waals surface area contributed by atoms with Gasteiger partial charge in [-0.1, -0.05) is 38.1 Å². The fourth-order valence-corrected chi connectivity index (χ4v) is 3.32. The maximum absolute atomic E-state index is 3.93. The van der Waals surface area contributed by atoms with Gasteiger partial charge in [0.15, 0.2) is 0 Å². The molecule has 2 rings (SSSR count). The summed E-state index contributed by atoms with van der Waals surface area (Å²) in [6.07, 6.45) is 2.39. The van der Waals surface area contributed by atoms with E-state index in [1.807, 2.05) is 0 Å². The van der Waals surface area contributed by atoms with Crippen molar-refractivity contribution in [2.45, 2.75) is 45.3 Å². The van der Waals surface area contributed by atoms with Crippen LogP contribution in [0, 0.1) is 5.92 Å². The van der Waals surface area contributed by atoms with Gasteiger partial charge in [-0.3, -0.25) is 0 Å². The summed E-state index contributed by atoms with van der Waals surface area (Å²) in [5.41, 5.74) is 2.93. The predicted molar refractivity (Wildman–Crippen MR) is 90.4 cm³/mol. The summed E-state index contributed by atoms with van der Waals surface area (Å²) in [6.45, 7) is 7.81. The highest BCUT2D eigenvalue weighted by atomic mass is 15.1. The summed E-state index contributed by atoms with van der Waals surface area (Å²) < 4.78 is 0. The number of nitrogens with one attached hydrogen (secondary N) is 2. The lowest BCUT2D eigenvalue weighted by atomic mass is 9.96. The Balaban J connectivity index is 2.11. The fourth-order valence-electron chi connectivity index (χ4n) is 3.32. The van der Waals surface area contributed by atoms with Crippen molar-refractivity contribution in [3.05, 3.63) is 35.4 Å². The molecule has 0 saturated heterocycles. The molecule has 1 aromatic rings. The molecular formula is C18H31N3. The van der Waals surface area contributed by atoms with Crippen LogP contribution < -0.4 is 10.6 Å². The average molecular weight is 289 g/mol. The molecule has 0 fully saturated rings. The third-order valence-electron chi connectivity index (χ3n) is 4.13. The van der Waals surface area contributed by atoms with Crippen LogP contribution in [0.4, 0.5) is 0 Å². The van der Waals surface area contributed by atoms with Crippen molar-refractivity contribution < 1.29 is 0 Å². The smallest absolute Gasteiger partial charge is 0.0338 e. The first-order valence-corrected chi connectivity index (χ1v) is 8.25. The van der Waals surface area contributed by atoms with Crippen molar-refractivity contribution in [2.75, 3.05) is 27.2 Å². The van der Waals surface area contributed by atoms with Crippen LogP contribution in [0.25, 0.3) is 0 Å². The van der Waals surface area contributed by atoms with Crippen molar-refractivity contribution in [3.63, 3.8) is 0 Å². The van der Waals surface area contributed by atoms with Crippen LogP contribution in [-0.2, 0) is 6.54 Å². The Kier molecular flexibility index (Phi) is 6.22. The minimum atomic E-state index is 0.472. The van der Waals surface area contributed by atoms with Crippen molar-refractivity contribution in [1.82, 2.24) is 15.5 Å². The van der Waals surface area contributed by atoms with Gasteiger partial charge in [0.25, 0.3) is 0 Å². The number of likely N-dealkylation sites (N-methyl/N-ethyl adjacent to an activating group) is 1. The molecule has 3 nitrogen and oxygen atoms in total. The van der Waals surface area contributed by atoms with Crippen LogP contribution >= 0.6 is 0 Å². The zero-order valence-corrected chi connectivity index (χ0v) is 14.0. The lowest BCUT2D eigenvalue weighted by molar-refractivity contribution is 0.282. The molecular weight excluding hydrogens is 258 g/mol. The minimum absolute atomic E-state index is 0.472. The zero-order valence-electron chi connectivity index (χ0n) is 14.0. The Bertz CT molecular complexity index is 418. The molecule has 0 aromatic heterocycles. The van der Waals surface area contributed by atoms with Gasteiger partial charge in [-0.15, -0.1) is 0 Å². The van der Waals surface area contributed by atoms with Crippen LogP contribution in [0.15, 0.2) is 24.3 Å². The molecule has 2 unspecified atom stereocenters. The number of hydrogen-bond acceptors (Lipinski definition) is 3. The van der Waals surface area contributed by atoms with Gasteiger partial charge in [0.2, 0.25) is 0 Å². The molecule has 1 aliphatic heterocycles. The first kappa shape index (κ1) is 16.5. The van der Waals surface area contributed by atoms with E-state index in [9.17, 15) is 0 Å². The molecule has 21 heavy (non-hydrogen) atoms. The van der Waals surface area contributed by atoms with Crippen LogP contribution in [0.2, 0.25) is 0 Å². The van der Waals surface area contributed by atoms with E-state index < -0.39 is 0 Å². The third kappa shape index (κ3) is 5.10. The second kappa shape index (κ2) is 7.92. The van der Waals surface area contributed by atoms with Crippen LogP contribution in [-0.4, -0.2) is 38.1 Å². The number of nitrogens with zero attached hydrogens (tertiary/aromatic N) is 1. The van der Waals surface area contributed by atoms with Gasteiger partial charge in [0, 0.05) is 25.2 Å². The van der Waals surface area contributed by atoms with E-state index in [4.69, 9.17) is 0 Å². The molecule has 3 heteroatoms. The maximum Gasteiger partial charge on any atom is 0.0338 e. The van der Waals surface area contributed by atoms with Crippen molar-refractivity contribution in [3.8, 4) is 0 Å². The summed E-state index contributed by atoms with van der Waals surface area (Å²) in [5.74, 6) is 0.724. The quantitative estimate of drug-likeness (QED) is 0.843. The van der Waals surface area contributed by atoms with Crippen molar-refractivity contribution >= 4 is 0 Å². The topological polar surface area (TPSA) is 27.3 Å². The summed E-state index contributed by atoms with van der Waals surface area (Å²) in [6, 6.07) is 9.89. The van der Waals surface area contributed by atoms with Crippen molar-refractivity contribution in [2.24, 2.45) is 5.92 Å². The van der Waals surface area contributed by atoms with Gasteiger partial charge >= 0.3 is 0 Å². The van der Waals surface area contributed by atoms with E-state index in [1.54, 1.807) is 0 Å². The number of benzene rings is 1. The number of rotatable bonds is 6. The van der Waals surface area contributed by atoms with Gasteiger partial charge < -0.3 is 15.5 Å². The van der Waals surface area contributed by atoms with E-state index >= 15 is 0 Å². The molecule has 1 heterocycles. The highest BCUT2D eigenvalue weighted by molar-refractivity contribution is 5.31. The third-order valence-corrected chi connectivity index (χ3v) is 4.13. The molecule has 0 saturated carbocycles. The molecule has 0 spiro atoms. The van der Waals surface area contributed by atoms with Crippen LogP contribution in [0.5, 0.6) is 0 Å².